The zero-order chi connectivity index (χ0) is 12.9. The van der Waals surface area contributed by atoms with E-state index in [1.807, 2.05) is 6.07 Å². The molecule has 3 nitrogen and oxygen atoms in total. The fourth-order valence-corrected chi connectivity index (χ4v) is 3.20. The van der Waals surface area contributed by atoms with Crippen molar-refractivity contribution in [2.24, 2.45) is 0 Å². The van der Waals surface area contributed by atoms with Gasteiger partial charge in [-0.1, -0.05) is 48.2 Å². The fourth-order valence-electron chi connectivity index (χ4n) is 1.72. The Morgan fingerprint density at radius 2 is 2.00 bits per heavy atom. The second-order valence-electron chi connectivity index (χ2n) is 4.10. The Labute approximate surface area is 120 Å². The largest absolute Gasteiger partial charge is 0.262 e. The van der Waals surface area contributed by atoms with E-state index in [0.717, 1.165) is 23.2 Å². The molecule has 0 saturated heterocycles. The van der Waals surface area contributed by atoms with Crippen molar-refractivity contribution in [2.45, 2.75) is 17.3 Å². The topological polar surface area (TPSA) is 41.6 Å². The third-order valence-electron chi connectivity index (χ3n) is 2.64. The molecule has 0 aliphatic rings. The number of benzene rings is 1. The zero-order valence-electron chi connectivity index (χ0n) is 10.2. The molecule has 3 rings (SSSR count). The Morgan fingerprint density at radius 1 is 1.11 bits per heavy atom. The quantitative estimate of drug-likeness (QED) is 0.727. The molecule has 1 aromatic carbocycles. The van der Waals surface area contributed by atoms with E-state index in [0.29, 0.717) is 0 Å². The van der Waals surface area contributed by atoms with Gasteiger partial charge >= 0.3 is 0 Å². The summed E-state index contributed by atoms with van der Waals surface area (Å²) in [7, 11) is 0. The predicted octanol–water partition coefficient (Wildman–Crippen LogP) is 3.75. The van der Waals surface area contributed by atoms with Crippen LogP contribution in [-0.2, 0) is 12.2 Å². The molecule has 0 amide bonds. The van der Waals surface area contributed by atoms with Crippen LogP contribution >= 0.6 is 23.1 Å². The molecule has 0 radical (unpaired) electrons. The molecule has 0 saturated carbocycles. The van der Waals surface area contributed by atoms with Crippen LogP contribution in [0.5, 0.6) is 0 Å². The number of H-pyrrole nitrogens is 1. The predicted molar refractivity (Wildman–Crippen MR) is 79.5 cm³/mol. The van der Waals surface area contributed by atoms with Crippen LogP contribution < -0.4 is 0 Å². The van der Waals surface area contributed by atoms with Gasteiger partial charge in [-0.25, -0.2) is 4.98 Å². The fraction of sp³-hybridized carbons (Fsp3) is 0.143. The van der Waals surface area contributed by atoms with Crippen LogP contribution in [0.15, 0.2) is 53.0 Å². The van der Waals surface area contributed by atoms with Crippen molar-refractivity contribution in [1.29, 1.82) is 0 Å². The second-order valence-corrected chi connectivity index (χ2v) is 6.07. The summed E-state index contributed by atoms with van der Waals surface area (Å²) in [6.07, 6.45) is 0.830. The summed E-state index contributed by atoms with van der Waals surface area (Å²) < 4.78 is 0. The van der Waals surface area contributed by atoms with E-state index in [1.54, 1.807) is 23.1 Å². The number of rotatable bonds is 5. The first-order valence-corrected chi connectivity index (χ1v) is 7.87. The summed E-state index contributed by atoms with van der Waals surface area (Å²) in [5, 5.41) is 10.1. The van der Waals surface area contributed by atoms with Crippen LogP contribution in [0.3, 0.4) is 0 Å². The highest BCUT2D eigenvalue weighted by Gasteiger charge is 2.05. The second kappa shape index (κ2) is 6.04. The number of thiophene rings is 1. The van der Waals surface area contributed by atoms with E-state index in [1.165, 1.54) is 10.4 Å². The molecule has 0 spiro atoms. The molecule has 0 bridgehead atoms. The van der Waals surface area contributed by atoms with Gasteiger partial charge in [0, 0.05) is 17.1 Å². The Morgan fingerprint density at radius 3 is 2.79 bits per heavy atom. The molecule has 0 aliphatic heterocycles. The normalized spacial score (nSPS) is 10.7. The number of nitrogens with one attached hydrogen (secondary N) is 1. The van der Waals surface area contributed by atoms with Crippen LogP contribution in [0.25, 0.3) is 0 Å². The van der Waals surface area contributed by atoms with Crippen molar-refractivity contribution in [3.8, 4) is 0 Å². The minimum absolute atomic E-state index is 0.815. The average Bonchev–Trinajstić information content (AvgIpc) is 3.10. The standard InChI is InChI=1S/C14H13N3S2/c1-2-5-11(6-3-1)10-19-14-15-13(16-17-14)9-12-7-4-8-18-12/h1-8H,9-10H2,(H,15,16,17). The highest BCUT2D eigenvalue weighted by atomic mass is 32.2. The minimum atomic E-state index is 0.815. The van der Waals surface area contributed by atoms with E-state index in [9.17, 15) is 0 Å². The van der Waals surface area contributed by atoms with Gasteiger partial charge in [-0.3, -0.25) is 5.10 Å². The van der Waals surface area contributed by atoms with Gasteiger partial charge in [0.25, 0.3) is 0 Å². The first kappa shape index (κ1) is 12.4. The molecule has 3 aromatic rings. The van der Waals surface area contributed by atoms with Gasteiger partial charge in [0.2, 0.25) is 5.16 Å². The SMILES string of the molecule is c1ccc(CSc2n[nH]c(Cc3cccs3)n2)cc1. The number of nitrogens with zero attached hydrogens (tertiary/aromatic N) is 2. The molecule has 0 atom stereocenters. The molecule has 0 unspecified atom stereocenters. The van der Waals surface area contributed by atoms with Crippen LogP contribution in [0.1, 0.15) is 16.3 Å². The Balaban J connectivity index is 1.59. The summed E-state index contributed by atoms with van der Waals surface area (Å²) in [6.45, 7) is 0. The number of aromatic nitrogens is 3. The van der Waals surface area contributed by atoms with Gasteiger partial charge in [0.15, 0.2) is 0 Å². The molecule has 2 heterocycles. The highest BCUT2D eigenvalue weighted by molar-refractivity contribution is 7.98. The Kier molecular flexibility index (Phi) is 3.95. The molecule has 96 valence electrons. The smallest absolute Gasteiger partial charge is 0.208 e. The lowest BCUT2D eigenvalue weighted by molar-refractivity contribution is 0.960. The van der Waals surface area contributed by atoms with E-state index in [2.05, 4.69) is 57.0 Å². The maximum Gasteiger partial charge on any atom is 0.208 e. The lowest BCUT2D eigenvalue weighted by atomic mass is 10.2. The summed E-state index contributed by atoms with van der Waals surface area (Å²) in [6, 6.07) is 14.5. The lowest BCUT2D eigenvalue weighted by Gasteiger charge is -1.96. The zero-order valence-corrected chi connectivity index (χ0v) is 11.9. The third kappa shape index (κ3) is 3.45. The summed E-state index contributed by atoms with van der Waals surface area (Å²) >= 11 is 3.40. The van der Waals surface area contributed by atoms with Crippen LogP contribution in [0.2, 0.25) is 0 Å². The van der Waals surface area contributed by atoms with Crippen molar-refractivity contribution in [1.82, 2.24) is 15.2 Å². The molecule has 0 aliphatic carbocycles. The molecule has 0 fully saturated rings. The molecular weight excluding hydrogens is 274 g/mol. The van der Waals surface area contributed by atoms with Crippen LogP contribution in [0.4, 0.5) is 0 Å². The molecule has 19 heavy (non-hydrogen) atoms. The van der Waals surface area contributed by atoms with Crippen molar-refractivity contribution < 1.29 is 0 Å². The van der Waals surface area contributed by atoms with Gasteiger partial charge in [0.05, 0.1) is 0 Å². The minimum Gasteiger partial charge on any atom is -0.262 e. The third-order valence-corrected chi connectivity index (χ3v) is 4.44. The highest BCUT2D eigenvalue weighted by Crippen LogP contribution is 2.20. The maximum atomic E-state index is 4.50. The van der Waals surface area contributed by atoms with E-state index in [4.69, 9.17) is 0 Å². The van der Waals surface area contributed by atoms with E-state index in [-0.39, 0.29) is 0 Å². The van der Waals surface area contributed by atoms with Crippen molar-refractivity contribution in [3.05, 3.63) is 64.1 Å². The van der Waals surface area contributed by atoms with Crippen molar-refractivity contribution in [3.63, 3.8) is 0 Å². The molecular formula is C14H13N3S2. The molecule has 1 N–H and O–H groups in total. The monoisotopic (exact) mass is 287 g/mol. The van der Waals surface area contributed by atoms with E-state index >= 15 is 0 Å². The average molecular weight is 287 g/mol. The van der Waals surface area contributed by atoms with Gasteiger partial charge in [-0.2, -0.15) is 0 Å². The number of hydrogen-bond donors (Lipinski definition) is 1. The van der Waals surface area contributed by atoms with E-state index < -0.39 is 0 Å². The Hall–Kier alpha value is -1.59. The van der Waals surface area contributed by atoms with Crippen molar-refractivity contribution >= 4 is 23.1 Å². The number of hydrogen-bond acceptors (Lipinski definition) is 4. The first-order chi connectivity index (χ1) is 9.40. The summed E-state index contributed by atoms with van der Waals surface area (Å²) in [5.74, 6) is 1.83. The Bertz CT molecular complexity index is 617. The summed E-state index contributed by atoms with van der Waals surface area (Å²) in [5.41, 5.74) is 1.29. The van der Waals surface area contributed by atoms with Crippen LogP contribution in [-0.4, -0.2) is 15.2 Å². The van der Waals surface area contributed by atoms with Gasteiger partial charge < -0.3 is 0 Å². The number of aromatic amines is 1. The lowest BCUT2D eigenvalue weighted by Crippen LogP contribution is -1.87. The van der Waals surface area contributed by atoms with Gasteiger partial charge in [0.1, 0.15) is 5.82 Å². The maximum absolute atomic E-state index is 4.50. The molecule has 5 heteroatoms. The van der Waals surface area contributed by atoms with Crippen LogP contribution in [0, 0.1) is 0 Å². The van der Waals surface area contributed by atoms with Gasteiger partial charge in [-0.15, -0.1) is 16.4 Å². The van der Waals surface area contributed by atoms with Crippen molar-refractivity contribution in [2.75, 3.05) is 0 Å². The number of thioether (sulfide) groups is 1. The molecule has 2 aromatic heterocycles. The summed E-state index contributed by atoms with van der Waals surface area (Å²) in [4.78, 5) is 5.80. The first-order valence-electron chi connectivity index (χ1n) is 6.00. The van der Waals surface area contributed by atoms with Gasteiger partial charge in [-0.05, 0) is 17.0 Å².